The Labute approximate surface area is 114 Å². The summed E-state index contributed by atoms with van der Waals surface area (Å²) < 4.78 is 0. The Bertz CT molecular complexity index is 251. The summed E-state index contributed by atoms with van der Waals surface area (Å²) in [5.74, 6) is 3.62. The molecule has 1 aliphatic carbocycles. The first kappa shape index (κ1) is 14.3. The SMILES string of the molecule is CNC1CCC(C)CC1CN1CCC(C(C)C)C1. The number of nitrogens with one attached hydrogen (secondary N) is 1. The van der Waals surface area contributed by atoms with Crippen LogP contribution in [0.4, 0.5) is 0 Å². The Morgan fingerprint density at radius 3 is 2.61 bits per heavy atom. The highest BCUT2D eigenvalue weighted by Gasteiger charge is 2.32. The molecule has 0 bridgehead atoms. The third-order valence-corrected chi connectivity index (χ3v) is 5.36. The maximum absolute atomic E-state index is 3.56. The Balaban J connectivity index is 1.84. The van der Waals surface area contributed by atoms with Crippen molar-refractivity contribution in [3.63, 3.8) is 0 Å². The maximum Gasteiger partial charge on any atom is 0.0105 e. The molecule has 4 unspecified atom stereocenters. The Morgan fingerprint density at radius 1 is 1.22 bits per heavy atom. The zero-order valence-corrected chi connectivity index (χ0v) is 12.8. The van der Waals surface area contributed by atoms with Crippen molar-refractivity contribution in [2.24, 2.45) is 23.7 Å². The van der Waals surface area contributed by atoms with E-state index in [2.05, 4.69) is 38.0 Å². The number of nitrogens with zero attached hydrogens (tertiary/aromatic N) is 1. The molecule has 1 saturated carbocycles. The molecule has 2 fully saturated rings. The highest BCUT2D eigenvalue weighted by atomic mass is 15.2. The molecule has 2 heteroatoms. The lowest BCUT2D eigenvalue weighted by atomic mass is 9.78. The first-order valence-corrected chi connectivity index (χ1v) is 7.99. The summed E-state index contributed by atoms with van der Waals surface area (Å²) in [6.07, 6.45) is 5.64. The van der Waals surface area contributed by atoms with Crippen LogP contribution in [0.5, 0.6) is 0 Å². The van der Waals surface area contributed by atoms with Gasteiger partial charge >= 0.3 is 0 Å². The van der Waals surface area contributed by atoms with Gasteiger partial charge in [-0.25, -0.2) is 0 Å². The summed E-state index contributed by atoms with van der Waals surface area (Å²) >= 11 is 0. The van der Waals surface area contributed by atoms with E-state index in [4.69, 9.17) is 0 Å². The van der Waals surface area contributed by atoms with E-state index in [0.717, 1.165) is 29.7 Å². The van der Waals surface area contributed by atoms with Gasteiger partial charge in [0.25, 0.3) is 0 Å². The first-order valence-electron chi connectivity index (χ1n) is 7.99. The largest absolute Gasteiger partial charge is 0.317 e. The van der Waals surface area contributed by atoms with E-state index in [9.17, 15) is 0 Å². The van der Waals surface area contributed by atoms with Gasteiger partial charge in [-0.2, -0.15) is 0 Å². The third kappa shape index (κ3) is 3.48. The molecular weight excluding hydrogens is 220 g/mol. The predicted octanol–water partition coefficient (Wildman–Crippen LogP) is 2.99. The molecule has 0 aromatic heterocycles. The van der Waals surface area contributed by atoms with Crippen molar-refractivity contribution >= 4 is 0 Å². The van der Waals surface area contributed by atoms with Crippen LogP contribution in [0.2, 0.25) is 0 Å². The van der Waals surface area contributed by atoms with Gasteiger partial charge in [-0.1, -0.05) is 20.8 Å². The fraction of sp³-hybridized carbons (Fsp3) is 1.00. The molecule has 1 saturated heterocycles. The molecule has 1 heterocycles. The molecule has 4 atom stereocenters. The summed E-state index contributed by atoms with van der Waals surface area (Å²) in [5.41, 5.74) is 0. The Hall–Kier alpha value is -0.0800. The van der Waals surface area contributed by atoms with Gasteiger partial charge in [-0.3, -0.25) is 0 Å². The van der Waals surface area contributed by atoms with Crippen LogP contribution >= 0.6 is 0 Å². The van der Waals surface area contributed by atoms with Gasteiger partial charge in [0.2, 0.25) is 0 Å². The van der Waals surface area contributed by atoms with Crippen LogP contribution in [-0.4, -0.2) is 37.6 Å². The highest BCUT2D eigenvalue weighted by Crippen LogP contribution is 2.31. The van der Waals surface area contributed by atoms with Crippen LogP contribution in [0, 0.1) is 23.7 Å². The molecule has 0 radical (unpaired) electrons. The van der Waals surface area contributed by atoms with Crippen LogP contribution in [0.3, 0.4) is 0 Å². The van der Waals surface area contributed by atoms with Gasteiger partial charge in [-0.15, -0.1) is 0 Å². The van der Waals surface area contributed by atoms with Crippen LogP contribution in [0.15, 0.2) is 0 Å². The van der Waals surface area contributed by atoms with E-state index in [1.165, 1.54) is 45.3 Å². The second-order valence-electron chi connectivity index (χ2n) is 7.13. The summed E-state index contributed by atoms with van der Waals surface area (Å²) in [5, 5.41) is 3.56. The first-order chi connectivity index (χ1) is 8.60. The predicted molar refractivity (Wildman–Crippen MR) is 78.7 cm³/mol. The molecule has 106 valence electrons. The van der Waals surface area contributed by atoms with Crippen LogP contribution in [-0.2, 0) is 0 Å². The standard InChI is InChI=1S/C16H32N2/c1-12(2)14-7-8-18(10-14)11-15-9-13(3)5-6-16(15)17-4/h12-17H,5-11H2,1-4H3. The molecule has 18 heavy (non-hydrogen) atoms. The van der Waals surface area contributed by atoms with Crippen molar-refractivity contribution < 1.29 is 0 Å². The molecule has 0 aromatic rings. The average Bonchev–Trinajstić information content (AvgIpc) is 2.78. The zero-order valence-electron chi connectivity index (χ0n) is 12.8. The maximum atomic E-state index is 3.56. The van der Waals surface area contributed by atoms with E-state index >= 15 is 0 Å². The average molecular weight is 252 g/mol. The minimum atomic E-state index is 0.763. The Kier molecular flexibility index (Phi) is 5.08. The molecule has 2 nitrogen and oxygen atoms in total. The minimum Gasteiger partial charge on any atom is -0.317 e. The lowest BCUT2D eigenvalue weighted by molar-refractivity contribution is 0.160. The fourth-order valence-electron chi connectivity index (χ4n) is 3.98. The van der Waals surface area contributed by atoms with E-state index < -0.39 is 0 Å². The molecule has 2 aliphatic rings. The van der Waals surface area contributed by atoms with E-state index in [0.29, 0.717) is 0 Å². The van der Waals surface area contributed by atoms with Crippen molar-refractivity contribution in [1.29, 1.82) is 0 Å². The number of hydrogen-bond donors (Lipinski definition) is 1. The quantitative estimate of drug-likeness (QED) is 0.827. The molecule has 0 amide bonds. The second kappa shape index (κ2) is 6.38. The minimum absolute atomic E-state index is 0.763. The number of hydrogen-bond acceptors (Lipinski definition) is 2. The second-order valence-corrected chi connectivity index (χ2v) is 7.13. The third-order valence-electron chi connectivity index (χ3n) is 5.36. The van der Waals surface area contributed by atoms with E-state index in [1.54, 1.807) is 0 Å². The monoisotopic (exact) mass is 252 g/mol. The fourth-order valence-corrected chi connectivity index (χ4v) is 3.98. The zero-order chi connectivity index (χ0) is 13.1. The van der Waals surface area contributed by atoms with Gasteiger partial charge in [0.1, 0.15) is 0 Å². The molecule has 1 aliphatic heterocycles. The van der Waals surface area contributed by atoms with Crippen molar-refractivity contribution in [2.45, 2.75) is 52.5 Å². The van der Waals surface area contributed by atoms with Crippen molar-refractivity contribution in [1.82, 2.24) is 10.2 Å². The Morgan fingerprint density at radius 2 is 2.00 bits per heavy atom. The summed E-state index contributed by atoms with van der Waals surface area (Å²) in [6, 6.07) is 0.763. The lowest BCUT2D eigenvalue weighted by Gasteiger charge is -2.37. The topological polar surface area (TPSA) is 15.3 Å². The molecule has 2 rings (SSSR count). The molecular formula is C16H32N2. The lowest BCUT2D eigenvalue weighted by Crippen LogP contribution is -2.44. The molecule has 0 aromatic carbocycles. The molecule has 0 spiro atoms. The van der Waals surface area contributed by atoms with Crippen molar-refractivity contribution in [3.8, 4) is 0 Å². The summed E-state index contributed by atoms with van der Waals surface area (Å²) in [7, 11) is 2.15. The van der Waals surface area contributed by atoms with Gasteiger partial charge in [0.15, 0.2) is 0 Å². The number of rotatable bonds is 4. The van der Waals surface area contributed by atoms with Gasteiger partial charge in [0, 0.05) is 19.1 Å². The van der Waals surface area contributed by atoms with Crippen LogP contribution in [0.1, 0.15) is 46.5 Å². The summed E-state index contributed by atoms with van der Waals surface area (Å²) in [6.45, 7) is 11.2. The number of likely N-dealkylation sites (tertiary alicyclic amines) is 1. The smallest absolute Gasteiger partial charge is 0.0105 e. The van der Waals surface area contributed by atoms with E-state index in [1.807, 2.05) is 0 Å². The molecule has 1 N–H and O–H groups in total. The highest BCUT2D eigenvalue weighted by molar-refractivity contribution is 4.87. The van der Waals surface area contributed by atoms with Gasteiger partial charge < -0.3 is 10.2 Å². The van der Waals surface area contributed by atoms with Gasteiger partial charge in [0.05, 0.1) is 0 Å². The summed E-state index contributed by atoms with van der Waals surface area (Å²) in [4.78, 5) is 2.73. The van der Waals surface area contributed by atoms with E-state index in [-0.39, 0.29) is 0 Å². The normalized spacial score (nSPS) is 38.5. The van der Waals surface area contributed by atoms with Crippen molar-refractivity contribution in [3.05, 3.63) is 0 Å². The van der Waals surface area contributed by atoms with Crippen LogP contribution in [0.25, 0.3) is 0 Å². The van der Waals surface area contributed by atoms with Crippen LogP contribution < -0.4 is 5.32 Å². The van der Waals surface area contributed by atoms with Crippen molar-refractivity contribution in [2.75, 3.05) is 26.7 Å². The van der Waals surface area contributed by atoms with Gasteiger partial charge in [-0.05, 0) is 62.9 Å².